The summed E-state index contributed by atoms with van der Waals surface area (Å²) in [5, 5.41) is 9.38. The molecule has 0 aromatic heterocycles. The van der Waals surface area contributed by atoms with Gasteiger partial charge in [0, 0.05) is 18.0 Å². The molecular weight excluding hydrogens is 410 g/mol. The molecule has 3 rings (SSSR count). The highest BCUT2D eigenvalue weighted by Gasteiger charge is 2.26. The number of hydrogen-bond acceptors (Lipinski definition) is 5. The van der Waals surface area contributed by atoms with Crippen LogP contribution in [0.15, 0.2) is 40.9 Å². The number of ketones is 1. The summed E-state index contributed by atoms with van der Waals surface area (Å²) < 4.78 is 11.7. The van der Waals surface area contributed by atoms with Gasteiger partial charge in [0.05, 0.1) is 18.7 Å². The van der Waals surface area contributed by atoms with E-state index in [0.29, 0.717) is 17.1 Å². The van der Waals surface area contributed by atoms with Gasteiger partial charge in [-0.3, -0.25) is 9.69 Å². The fourth-order valence-corrected chi connectivity index (χ4v) is 4.12. The molecular formula is C21H24BrNO4. The molecule has 0 bridgehead atoms. The van der Waals surface area contributed by atoms with Crippen LogP contribution in [-0.4, -0.2) is 43.1 Å². The minimum Gasteiger partial charge on any atom is -0.508 e. The molecule has 0 radical (unpaired) electrons. The lowest BCUT2D eigenvalue weighted by atomic mass is 9.88. The Morgan fingerprint density at radius 3 is 2.37 bits per heavy atom. The third-order valence-electron chi connectivity index (χ3n) is 5.07. The molecule has 1 saturated heterocycles. The molecule has 1 heterocycles. The van der Waals surface area contributed by atoms with Crippen molar-refractivity contribution in [1.82, 2.24) is 4.90 Å². The van der Waals surface area contributed by atoms with Crippen molar-refractivity contribution < 1.29 is 19.4 Å². The molecule has 27 heavy (non-hydrogen) atoms. The number of benzene rings is 2. The van der Waals surface area contributed by atoms with Gasteiger partial charge in [-0.25, -0.2) is 0 Å². The molecule has 0 aliphatic carbocycles. The van der Waals surface area contributed by atoms with Crippen molar-refractivity contribution in [2.75, 3.05) is 27.3 Å². The Kier molecular flexibility index (Phi) is 6.39. The third kappa shape index (κ3) is 4.45. The number of rotatable bonds is 6. The largest absolute Gasteiger partial charge is 0.508 e. The Balaban J connectivity index is 1.61. The molecule has 0 saturated carbocycles. The Bertz CT molecular complexity index is 799. The maximum atomic E-state index is 12.6. The van der Waals surface area contributed by atoms with Crippen LogP contribution in [-0.2, 0) is 6.54 Å². The molecule has 0 amide bonds. The van der Waals surface area contributed by atoms with Crippen LogP contribution < -0.4 is 9.47 Å². The van der Waals surface area contributed by atoms with E-state index in [9.17, 15) is 9.90 Å². The van der Waals surface area contributed by atoms with Crippen LogP contribution in [0, 0.1) is 5.92 Å². The van der Waals surface area contributed by atoms with Gasteiger partial charge >= 0.3 is 0 Å². The van der Waals surface area contributed by atoms with Gasteiger partial charge in [-0.1, -0.05) is 6.07 Å². The van der Waals surface area contributed by atoms with E-state index >= 15 is 0 Å². The monoisotopic (exact) mass is 433 g/mol. The summed E-state index contributed by atoms with van der Waals surface area (Å²) in [5.41, 5.74) is 1.81. The van der Waals surface area contributed by atoms with Gasteiger partial charge in [-0.05, 0) is 77.8 Å². The molecule has 1 aliphatic heterocycles. The average Bonchev–Trinajstić information content (AvgIpc) is 2.70. The molecule has 144 valence electrons. The second kappa shape index (κ2) is 8.76. The summed E-state index contributed by atoms with van der Waals surface area (Å²) in [6.45, 7) is 2.53. The van der Waals surface area contributed by atoms with E-state index in [-0.39, 0.29) is 17.5 Å². The van der Waals surface area contributed by atoms with E-state index < -0.39 is 0 Å². The average molecular weight is 434 g/mol. The lowest BCUT2D eigenvalue weighted by Gasteiger charge is -2.31. The minimum atomic E-state index is 0.0413. The molecule has 2 aromatic carbocycles. The smallest absolute Gasteiger partial charge is 0.175 e. The van der Waals surface area contributed by atoms with Gasteiger partial charge in [0.1, 0.15) is 5.75 Å². The van der Waals surface area contributed by atoms with Gasteiger partial charge in [0.15, 0.2) is 17.3 Å². The summed E-state index contributed by atoms with van der Waals surface area (Å²) in [6, 6.07) is 10.5. The Labute approximate surface area is 168 Å². The highest BCUT2D eigenvalue weighted by atomic mass is 79.9. The van der Waals surface area contributed by atoms with Crippen LogP contribution in [0.3, 0.4) is 0 Å². The zero-order chi connectivity index (χ0) is 19.4. The van der Waals surface area contributed by atoms with E-state index in [1.54, 1.807) is 38.5 Å². The molecule has 1 N–H and O–H groups in total. The summed E-state index contributed by atoms with van der Waals surface area (Å²) in [7, 11) is 3.26. The normalized spacial score (nSPS) is 15.5. The number of methoxy groups -OCH3 is 2. The van der Waals surface area contributed by atoms with Crippen LogP contribution in [0.1, 0.15) is 28.8 Å². The Morgan fingerprint density at radius 2 is 1.78 bits per heavy atom. The molecule has 0 spiro atoms. The molecule has 0 atom stereocenters. The highest BCUT2D eigenvalue weighted by molar-refractivity contribution is 9.10. The van der Waals surface area contributed by atoms with Crippen LogP contribution in [0.25, 0.3) is 0 Å². The molecule has 1 fully saturated rings. The minimum absolute atomic E-state index is 0.0413. The van der Waals surface area contributed by atoms with Crippen molar-refractivity contribution in [1.29, 1.82) is 0 Å². The number of aromatic hydroxyl groups is 1. The van der Waals surface area contributed by atoms with Crippen molar-refractivity contribution in [2.24, 2.45) is 5.92 Å². The zero-order valence-corrected chi connectivity index (χ0v) is 17.2. The number of carbonyl (C=O) groups is 1. The first-order valence-electron chi connectivity index (χ1n) is 8.98. The van der Waals surface area contributed by atoms with Crippen molar-refractivity contribution in [3.05, 3.63) is 52.0 Å². The van der Waals surface area contributed by atoms with Gasteiger partial charge in [0.2, 0.25) is 0 Å². The summed E-state index contributed by atoms with van der Waals surface area (Å²) in [6.07, 6.45) is 1.68. The standard InChI is InChI=1S/C21H24BrNO4/c1-26-18-8-5-16(19(22)21(18)27-2)13-23-11-9-15(10-12-23)20(25)14-3-6-17(24)7-4-14/h3-8,15,24H,9-13H2,1-2H3. The fourth-order valence-electron chi connectivity index (χ4n) is 3.51. The number of ether oxygens (including phenoxy) is 2. The second-order valence-electron chi connectivity index (χ2n) is 6.74. The number of Topliss-reactive ketones (excluding diaryl/α,β-unsaturated/α-hetero) is 1. The summed E-state index contributed by atoms with van der Waals surface area (Å²) >= 11 is 3.63. The highest BCUT2D eigenvalue weighted by Crippen LogP contribution is 2.38. The number of piperidine rings is 1. The van der Waals surface area contributed by atoms with Crippen molar-refractivity contribution in [3.8, 4) is 17.2 Å². The Morgan fingerprint density at radius 1 is 1.11 bits per heavy atom. The number of hydrogen-bond donors (Lipinski definition) is 1. The van der Waals surface area contributed by atoms with Crippen LogP contribution >= 0.6 is 15.9 Å². The maximum Gasteiger partial charge on any atom is 0.175 e. The van der Waals surface area contributed by atoms with Crippen molar-refractivity contribution in [3.63, 3.8) is 0 Å². The second-order valence-corrected chi connectivity index (χ2v) is 7.53. The summed E-state index contributed by atoms with van der Waals surface area (Å²) in [5.74, 6) is 1.79. The van der Waals surface area contributed by atoms with Gasteiger partial charge in [-0.15, -0.1) is 0 Å². The van der Waals surface area contributed by atoms with Gasteiger partial charge in [-0.2, -0.15) is 0 Å². The quantitative estimate of drug-likeness (QED) is 0.689. The predicted molar refractivity (Wildman–Crippen MR) is 108 cm³/mol. The number of likely N-dealkylation sites (tertiary alicyclic amines) is 1. The Hall–Kier alpha value is -2.05. The van der Waals surface area contributed by atoms with Crippen molar-refractivity contribution >= 4 is 21.7 Å². The van der Waals surface area contributed by atoms with E-state index in [4.69, 9.17) is 9.47 Å². The van der Waals surface area contributed by atoms with E-state index in [2.05, 4.69) is 20.8 Å². The number of carbonyl (C=O) groups excluding carboxylic acids is 1. The van der Waals surface area contributed by atoms with Gasteiger partial charge < -0.3 is 14.6 Å². The van der Waals surface area contributed by atoms with E-state index in [1.807, 2.05) is 12.1 Å². The number of halogens is 1. The lowest BCUT2D eigenvalue weighted by molar-refractivity contribution is 0.0834. The lowest BCUT2D eigenvalue weighted by Crippen LogP contribution is -2.36. The molecule has 1 aliphatic rings. The molecule has 5 nitrogen and oxygen atoms in total. The number of nitrogens with zero attached hydrogens (tertiary/aromatic N) is 1. The first-order chi connectivity index (χ1) is 13.0. The first-order valence-corrected chi connectivity index (χ1v) is 9.77. The maximum absolute atomic E-state index is 12.6. The molecule has 2 aromatic rings. The third-order valence-corrected chi connectivity index (χ3v) is 5.94. The number of phenols is 1. The first kappa shape index (κ1) is 19.7. The molecule has 0 unspecified atom stereocenters. The summed E-state index contributed by atoms with van der Waals surface area (Å²) in [4.78, 5) is 15.0. The van der Waals surface area contributed by atoms with E-state index in [0.717, 1.165) is 42.5 Å². The molecule has 6 heteroatoms. The van der Waals surface area contributed by atoms with Crippen molar-refractivity contribution in [2.45, 2.75) is 19.4 Å². The van der Waals surface area contributed by atoms with Crippen LogP contribution in [0.4, 0.5) is 0 Å². The van der Waals surface area contributed by atoms with Crippen LogP contribution in [0.2, 0.25) is 0 Å². The zero-order valence-electron chi connectivity index (χ0n) is 15.6. The van der Waals surface area contributed by atoms with Crippen LogP contribution in [0.5, 0.6) is 17.2 Å². The van der Waals surface area contributed by atoms with Gasteiger partial charge in [0.25, 0.3) is 0 Å². The number of phenolic OH excluding ortho intramolecular Hbond substituents is 1. The predicted octanol–water partition coefficient (Wildman–Crippen LogP) is 4.27. The van der Waals surface area contributed by atoms with E-state index in [1.165, 1.54) is 0 Å². The fraction of sp³-hybridized carbons (Fsp3) is 0.381. The topological polar surface area (TPSA) is 59.0 Å². The SMILES string of the molecule is COc1ccc(CN2CCC(C(=O)c3ccc(O)cc3)CC2)c(Br)c1OC.